The van der Waals surface area contributed by atoms with Gasteiger partial charge in [-0.15, -0.1) is 11.3 Å². The van der Waals surface area contributed by atoms with E-state index in [2.05, 4.69) is 13.8 Å². The Morgan fingerprint density at radius 1 is 1.22 bits per heavy atom. The maximum absolute atomic E-state index is 6.24. The molecule has 1 aromatic heterocycles. The summed E-state index contributed by atoms with van der Waals surface area (Å²) in [6, 6.07) is 0.125. The van der Waals surface area contributed by atoms with Crippen LogP contribution < -0.4 is 5.73 Å². The fourth-order valence-electron chi connectivity index (χ4n) is 3.53. The molecule has 2 aliphatic carbocycles. The second kappa shape index (κ2) is 4.61. The summed E-state index contributed by atoms with van der Waals surface area (Å²) in [5.41, 5.74) is 8.24. The second-order valence-electron chi connectivity index (χ2n) is 6.58. The monoisotopic (exact) mass is 264 g/mol. The zero-order valence-electron chi connectivity index (χ0n) is 11.5. The number of hydrogen-bond donors (Lipinski definition) is 1. The molecule has 3 rings (SSSR count). The predicted octanol–water partition coefficient (Wildman–Crippen LogP) is 3.85. The maximum Gasteiger partial charge on any atom is 0.110 e. The Labute approximate surface area is 114 Å². The zero-order chi connectivity index (χ0) is 12.8. The Bertz CT molecular complexity index is 430. The molecule has 3 heteroatoms. The number of nitrogens with two attached hydrogens (primary N) is 1. The predicted molar refractivity (Wildman–Crippen MR) is 76.8 cm³/mol. The number of aryl methyl sites for hydroxylation is 1. The van der Waals surface area contributed by atoms with Gasteiger partial charge in [0.1, 0.15) is 5.01 Å². The molecule has 1 unspecified atom stereocenters. The third-order valence-electron chi connectivity index (χ3n) is 4.89. The summed E-state index contributed by atoms with van der Waals surface area (Å²) in [6.45, 7) is 4.37. The highest BCUT2D eigenvalue weighted by Gasteiger charge is 2.38. The van der Waals surface area contributed by atoms with Crippen LogP contribution in [-0.4, -0.2) is 4.98 Å². The van der Waals surface area contributed by atoms with Gasteiger partial charge in [-0.3, -0.25) is 0 Å². The molecule has 2 N–H and O–H groups in total. The minimum atomic E-state index is 0.125. The number of aromatic nitrogens is 1. The van der Waals surface area contributed by atoms with Gasteiger partial charge in [-0.05, 0) is 43.4 Å². The van der Waals surface area contributed by atoms with Crippen LogP contribution in [-0.2, 0) is 12.8 Å². The van der Waals surface area contributed by atoms with E-state index in [0.29, 0.717) is 11.3 Å². The third kappa shape index (κ3) is 2.12. The van der Waals surface area contributed by atoms with Crippen molar-refractivity contribution in [3.05, 3.63) is 15.6 Å². The highest BCUT2D eigenvalue weighted by Crippen LogP contribution is 2.49. The molecule has 18 heavy (non-hydrogen) atoms. The Morgan fingerprint density at radius 2 is 1.94 bits per heavy atom. The van der Waals surface area contributed by atoms with E-state index in [9.17, 15) is 0 Å². The number of fused-ring (bicyclic) bond motifs is 1. The van der Waals surface area contributed by atoms with Crippen molar-refractivity contribution in [2.45, 2.75) is 64.8 Å². The summed E-state index contributed by atoms with van der Waals surface area (Å²) < 4.78 is 0. The van der Waals surface area contributed by atoms with Gasteiger partial charge >= 0.3 is 0 Å². The first kappa shape index (κ1) is 12.6. The summed E-state index contributed by atoms with van der Waals surface area (Å²) in [4.78, 5) is 6.37. The lowest BCUT2D eigenvalue weighted by Gasteiger charge is -2.32. The lowest BCUT2D eigenvalue weighted by atomic mass is 9.74. The standard InChI is InChI=1S/C15H24N2S/c1-10(2)13(16)14-17-11-5-8-15(6-3-4-7-15)9-12(11)18-14/h10,13H,3-9,16H2,1-2H3. The molecule has 0 aliphatic heterocycles. The Hall–Kier alpha value is -0.410. The lowest BCUT2D eigenvalue weighted by molar-refractivity contribution is 0.256. The second-order valence-corrected chi connectivity index (χ2v) is 7.69. The van der Waals surface area contributed by atoms with E-state index in [1.165, 1.54) is 55.6 Å². The van der Waals surface area contributed by atoms with Crippen LogP contribution in [0.3, 0.4) is 0 Å². The van der Waals surface area contributed by atoms with Crippen LogP contribution in [0.4, 0.5) is 0 Å². The van der Waals surface area contributed by atoms with Crippen molar-refractivity contribution < 1.29 is 0 Å². The first-order valence-electron chi connectivity index (χ1n) is 7.34. The number of hydrogen-bond acceptors (Lipinski definition) is 3. The molecule has 0 radical (unpaired) electrons. The van der Waals surface area contributed by atoms with Gasteiger partial charge in [0.2, 0.25) is 0 Å². The van der Waals surface area contributed by atoms with E-state index in [-0.39, 0.29) is 6.04 Å². The molecular weight excluding hydrogens is 240 g/mol. The normalized spacial score (nSPS) is 23.6. The van der Waals surface area contributed by atoms with Crippen LogP contribution in [0.2, 0.25) is 0 Å². The van der Waals surface area contributed by atoms with Gasteiger partial charge in [0.25, 0.3) is 0 Å². The molecule has 100 valence electrons. The van der Waals surface area contributed by atoms with Crippen LogP contribution in [0.25, 0.3) is 0 Å². The van der Waals surface area contributed by atoms with E-state index in [1.807, 2.05) is 11.3 Å². The average Bonchev–Trinajstić information content (AvgIpc) is 2.95. The highest BCUT2D eigenvalue weighted by molar-refractivity contribution is 7.11. The van der Waals surface area contributed by atoms with Crippen molar-refractivity contribution >= 4 is 11.3 Å². The van der Waals surface area contributed by atoms with Crippen LogP contribution in [0.1, 0.15) is 67.6 Å². The average molecular weight is 264 g/mol. The van der Waals surface area contributed by atoms with Crippen LogP contribution in [0, 0.1) is 11.3 Å². The molecule has 1 spiro atoms. The summed E-state index contributed by atoms with van der Waals surface area (Å²) in [7, 11) is 0. The summed E-state index contributed by atoms with van der Waals surface area (Å²) in [6.07, 6.45) is 9.59. The SMILES string of the molecule is CC(C)C(N)c1nc2c(s1)CC1(CCCC1)CC2. The topological polar surface area (TPSA) is 38.9 Å². The third-order valence-corrected chi connectivity index (χ3v) is 6.09. The molecule has 1 atom stereocenters. The van der Waals surface area contributed by atoms with Crippen molar-refractivity contribution in [2.75, 3.05) is 0 Å². The Balaban J connectivity index is 1.84. The molecule has 2 aliphatic rings. The van der Waals surface area contributed by atoms with Crippen molar-refractivity contribution in [2.24, 2.45) is 17.1 Å². The van der Waals surface area contributed by atoms with Gasteiger partial charge in [0.05, 0.1) is 11.7 Å². The van der Waals surface area contributed by atoms with Gasteiger partial charge in [-0.1, -0.05) is 26.7 Å². The molecule has 1 fully saturated rings. The minimum absolute atomic E-state index is 0.125. The van der Waals surface area contributed by atoms with Crippen molar-refractivity contribution in [1.29, 1.82) is 0 Å². The molecule has 1 heterocycles. The fraction of sp³-hybridized carbons (Fsp3) is 0.800. The first-order chi connectivity index (χ1) is 8.60. The van der Waals surface area contributed by atoms with E-state index < -0.39 is 0 Å². The van der Waals surface area contributed by atoms with E-state index in [4.69, 9.17) is 10.7 Å². The molecule has 0 aromatic carbocycles. The van der Waals surface area contributed by atoms with Gasteiger partial charge in [0, 0.05) is 4.88 Å². The zero-order valence-corrected chi connectivity index (χ0v) is 12.4. The summed E-state index contributed by atoms with van der Waals surface area (Å²) in [5, 5.41) is 1.17. The van der Waals surface area contributed by atoms with Gasteiger partial charge in [0.15, 0.2) is 0 Å². The van der Waals surface area contributed by atoms with E-state index >= 15 is 0 Å². The number of nitrogens with zero attached hydrogens (tertiary/aromatic N) is 1. The highest BCUT2D eigenvalue weighted by atomic mass is 32.1. The maximum atomic E-state index is 6.24. The molecular formula is C15H24N2S. The Morgan fingerprint density at radius 3 is 2.61 bits per heavy atom. The summed E-state index contributed by atoms with van der Waals surface area (Å²) >= 11 is 1.90. The quantitative estimate of drug-likeness (QED) is 0.881. The van der Waals surface area contributed by atoms with Crippen molar-refractivity contribution in [1.82, 2.24) is 4.98 Å². The van der Waals surface area contributed by atoms with Crippen molar-refractivity contribution in [3.8, 4) is 0 Å². The van der Waals surface area contributed by atoms with Crippen LogP contribution in [0.5, 0.6) is 0 Å². The number of rotatable bonds is 2. The smallest absolute Gasteiger partial charge is 0.110 e. The fourth-order valence-corrected chi connectivity index (χ4v) is 4.99. The van der Waals surface area contributed by atoms with Gasteiger partial charge in [-0.25, -0.2) is 4.98 Å². The largest absolute Gasteiger partial charge is 0.322 e. The van der Waals surface area contributed by atoms with Crippen molar-refractivity contribution in [3.63, 3.8) is 0 Å². The lowest BCUT2D eigenvalue weighted by Crippen LogP contribution is -2.24. The van der Waals surface area contributed by atoms with Gasteiger partial charge in [-0.2, -0.15) is 0 Å². The number of thiazole rings is 1. The van der Waals surface area contributed by atoms with Crippen LogP contribution in [0.15, 0.2) is 0 Å². The molecule has 0 bridgehead atoms. The minimum Gasteiger partial charge on any atom is -0.322 e. The molecule has 1 aromatic rings. The molecule has 0 amide bonds. The molecule has 0 saturated heterocycles. The first-order valence-corrected chi connectivity index (χ1v) is 8.15. The Kier molecular flexibility index (Phi) is 3.23. The van der Waals surface area contributed by atoms with Crippen LogP contribution >= 0.6 is 11.3 Å². The van der Waals surface area contributed by atoms with E-state index in [0.717, 1.165) is 0 Å². The molecule has 2 nitrogen and oxygen atoms in total. The summed E-state index contributed by atoms with van der Waals surface area (Å²) in [5.74, 6) is 0.484. The van der Waals surface area contributed by atoms with E-state index in [1.54, 1.807) is 4.88 Å². The van der Waals surface area contributed by atoms with Gasteiger partial charge < -0.3 is 5.73 Å². The molecule has 1 saturated carbocycles.